The van der Waals surface area contributed by atoms with Gasteiger partial charge in [0, 0.05) is 23.3 Å². The maximum atomic E-state index is 4.43. The predicted molar refractivity (Wildman–Crippen MR) is 92.0 cm³/mol. The highest BCUT2D eigenvalue weighted by Crippen LogP contribution is 2.29. The summed E-state index contributed by atoms with van der Waals surface area (Å²) in [5.74, 6) is 0. The smallest absolute Gasteiger partial charge is 0.0542 e. The molecule has 2 rings (SSSR count). The highest BCUT2D eigenvalue weighted by atomic mass is 79.9. The molecule has 0 fully saturated rings. The molecule has 0 spiro atoms. The van der Waals surface area contributed by atoms with Gasteiger partial charge in [-0.1, -0.05) is 51.1 Å². The second-order valence-corrected chi connectivity index (χ2v) is 7.49. The predicted octanol–water partition coefficient (Wildman–Crippen LogP) is 5.11. The molecular weight excluding hydrogens is 324 g/mol. The van der Waals surface area contributed by atoms with Crippen molar-refractivity contribution in [2.45, 2.75) is 39.8 Å². The van der Waals surface area contributed by atoms with Crippen molar-refractivity contribution >= 4 is 15.9 Å². The maximum absolute atomic E-state index is 4.43. The van der Waals surface area contributed by atoms with Gasteiger partial charge >= 0.3 is 0 Å². The lowest BCUT2D eigenvalue weighted by atomic mass is 9.85. The lowest BCUT2D eigenvalue weighted by Gasteiger charge is -2.27. The van der Waals surface area contributed by atoms with Crippen LogP contribution in [0.5, 0.6) is 0 Å². The largest absolute Gasteiger partial charge is 0.304 e. The van der Waals surface area contributed by atoms with Crippen LogP contribution < -0.4 is 5.32 Å². The van der Waals surface area contributed by atoms with Crippen LogP contribution >= 0.6 is 15.9 Å². The number of hydrogen-bond acceptors (Lipinski definition) is 2. The van der Waals surface area contributed by atoms with Crippen molar-refractivity contribution in [2.24, 2.45) is 5.41 Å². The quantitative estimate of drug-likeness (QED) is 0.813. The summed E-state index contributed by atoms with van der Waals surface area (Å²) in [7, 11) is 0. The van der Waals surface area contributed by atoms with Crippen LogP contribution in [-0.4, -0.2) is 4.98 Å². The van der Waals surface area contributed by atoms with E-state index in [2.05, 4.69) is 83.4 Å². The molecule has 0 saturated heterocycles. The van der Waals surface area contributed by atoms with Crippen molar-refractivity contribution in [3.8, 4) is 0 Å². The summed E-state index contributed by atoms with van der Waals surface area (Å²) in [6, 6.07) is 15.1. The van der Waals surface area contributed by atoms with E-state index in [1.807, 2.05) is 12.3 Å². The van der Waals surface area contributed by atoms with E-state index >= 15 is 0 Å². The average molecular weight is 347 g/mol. The Labute approximate surface area is 136 Å². The highest BCUT2D eigenvalue weighted by Gasteiger charge is 2.19. The first-order valence-electron chi connectivity index (χ1n) is 7.33. The van der Waals surface area contributed by atoms with Crippen LogP contribution in [0.25, 0.3) is 0 Å². The molecule has 21 heavy (non-hydrogen) atoms. The highest BCUT2D eigenvalue weighted by molar-refractivity contribution is 9.10. The Hall–Kier alpha value is -1.19. The van der Waals surface area contributed by atoms with E-state index in [9.17, 15) is 0 Å². The van der Waals surface area contributed by atoms with Crippen molar-refractivity contribution in [3.63, 3.8) is 0 Å². The van der Waals surface area contributed by atoms with Gasteiger partial charge in [0.05, 0.1) is 5.69 Å². The minimum atomic E-state index is 0.278. The monoisotopic (exact) mass is 346 g/mol. The van der Waals surface area contributed by atoms with Crippen LogP contribution in [-0.2, 0) is 6.54 Å². The molecule has 2 aromatic rings. The van der Waals surface area contributed by atoms with E-state index in [1.54, 1.807) is 0 Å². The number of rotatable bonds is 5. The third-order valence-corrected chi connectivity index (χ3v) is 3.81. The van der Waals surface area contributed by atoms with E-state index in [0.717, 1.165) is 23.1 Å². The van der Waals surface area contributed by atoms with Gasteiger partial charge in [-0.2, -0.15) is 0 Å². The zero-order chi connectivity index (χ0) is 15.3. The number of pyridine rings is 1. The van der Waals surface area contributed by atoms with Crippen molar-refractivity contribution in [3.05, 3.63) is 64.4 Å². The second-order valence-electron chi connectivity index (χ2n) is 6.58. The molecule has 3 heteroatoms. The molecule has 2 nitrogen and oxygen atoms in total. The molecule has 1 aromatic heterocycles. The van der Waals surface area contributed by atoms with Gasteiger partial charge in [0.1, 0.15) is 0 Å². The fourth-order valence-corrected chi connectivity index (χ4v) is 2.58. The van der Waals surface area contributed by atoms with Gasteiger partial charge in [-0.25, -0.2) is 0 Å². The van der Waals surface area contributed by atoms with Crippen molar-refractivity contribution < 1.29 is 0 Å². The Balaban J connectivity index is 2.07. The van der Waals surface area contributed by atoms with E-state index in [1.165, 1.54) is 5.56 Å². The number of nitrogens with one attached hydrogen (secondary N) is 1. The SMILES string of the molecule is CC(C)(C)CC(NCc1ccc(Br)cn1)c1ccccc1. The third-order valence-electron chi connectivity index (χ3n) is 3.34. The van der Waals surface area contributed by atoms with Crippen LogP contribution in [0, 0.1) is 5.41 Å². The first-order chi connectivity index (χ1) is 9.94. The molecule has 1 atom stereocenters. The summed E-state index contributed by atoms with van der Waals surface area (Å²) in [4.78, 5) is 4.43. The topological polar surface area (TPSA) is 24.9 Å². The molecule has 0 bridgehead atoms. The Morgan fingerprint density at radius 1 is 1.10 bits per heavy atom. The van der Waals surface area contributed by atoms with Gasteiger partial charge in [0.15, 0.2) is 0 Å². The molecule has 1 aromatic carbocycles. The minimum absolute atomic E-state index is 0.278. The summed E-state index contributed by atoms with van der Waals surface area (Å²) >= 11 is 3.42. The van der Waals surface area contributed by atoms with E-state index in [0.29, 0.717) is 6.04 Å². The fourth-order valence-electron chi connectivity index (χ4n) is 2.34. The van der Waals surface area contributed by atoms with Gasteiger partial charge in [-0.3, -0.25) is 4.98 Å². The molecular formula is C18H23BrN2. The molecule has 0 aliphatic rings. The molecule has 0 saturated carbocycles. The first-order valence-corrected chi connectivity index (χ1v) is 8.12. The zero-order valence-corrected chi connectivity index (χ0v) is 14.5. The third kappa shape index (κ3) is 5.60. The van der Waals surface area contributed by atoms with E-state index in [4.69, 9.17) is 0 Å². The van der Waals surface area contributed by atoms with Crippen molar-refractivity contribution in [1.29, 1.82) is 0 Å². The number of benzene rings is 1. The number of halogens is 1. The molecule has 112 valence electrons. The Kier molecular flexibility index (Phi) is 5.54. The van der Waals surface area contributed by atoms with Gasteiger partial charge in [0.25, 0.3) is 0 Å². The van der Waals surface area contributed by atoms with Crippen LogP contribution in [0.2, 0.25) is 0 Å². The van der Waals surface area contributed by atoms with Crippen LogP contribution in [0.15, 0.2) is 53.1 Å². The van der Waals surface area contributed by atoms with Gasteiger partial charge < -0.3 is 5.32 Å². The zero-order valence-electron chi connectivity index (χ0n) is 12.9. The number of hydrogen-bond donors (Lipinski definition) is 1. The Morgan fingerprint density at radius 3 is 2.38 bits per heavy atom. The first kappa shape index (κ1) is 16.2. The lowest BCUT2D eigenvalue weighted by molar-refractivity contribution is 0.309. The minimum Gasteiger partial charge on any atom is -0.304 e. The summed E-state index contributed by atoms with van der Waals surface area (Å²) in [6.45, 7) is 7.62. The van der Waals surface area contributed by atoms with Crippen molar-refractivity contribution in [1.82, 2.24) is 10.3 Å². The molecule has 1 N–H and O–H groups in total. The average Bonchev–Trinajstić information content (AvgIpc) is 2.45. The summed E-state index contributed by atoms with van der Waals surface area (Å²) in [5.41, 5.74) is 2.68. The van der Waals surface area contributed by atoms with Crippen molar-refractivity contribution in [2.75, 3.05) is 0 Å². The maximum Gasteiger partial charge on any atom is 0.0542 e. The Morgan fingerprint density at radius 2 is 1.81 bits per heavy atom. The molecule has 0 aliphatic heterocycles. The normalized spacial score (nSPS) is 13.1. The molecule has 1 heterocycles. The van der Waals surface area contributed by atoms with Crippen LogP contribution in [0.1, 0.15) is 44.5 Å². The standard InChI is InChI=1S/C18H23BrN2/c1-18(2,3)11-17(14-7-5-4-6-8-14)21-13-16-10-9-15(19)12-20-16/h4-10,12,17,21H,11,13H2,1-3H3. The molecule has 0 aliphatic carbocycles. The molecule has 1 unspecified atom stereocenters. The number of nitrogens with zero attached hydrogens (tertiary/aromatic N) is 1. The second kappa shape index (κ2) is 7.19. The molecule has 0 amide bonds. The van der Waals surface area contributed by atoms with E-state index in [-0.39, 0.29) is 5.41 Å². The van der Waals surface area contributed by atoms with Gasteiger partial charge in [-0.05, 0) is 45.5 Å². The van der Waals surface area contributed by atoms with Crippen LogP contribution in [0.4, 0.5) is 0 Å². The molecule has 0 radical (unpaired) electrons. The Bertz CT molecular complexity index is 544. The summed E-state index contributed by atoms with van der Waals surface area (Å²) in [5, 5.41) is 3.65. The lowest BCUT2D eigenvalue weighted by Crippen LogP contribution is -2.25. The summed E-state index contributed by atoms with van der Waals surface area (Å²) < 4.78 is 1.01. The fraction of sp³-hybridized carbons (Fsp3) is 0.389. The van der Waals surface area contributed by atoms with Gasteiger partial charge in [-0.15, -0.1) is 0 Å². The number of aromatic nitrogens is 1. The van der Waals surface area contributed by atoms with Crippen LogP contribution in [0.3, 0.4) is 0 Å². The summed E-state index contributed by atoms with van der Waals surface area (Å²) in [6.07, 6.45) is 2.94. The van der Waals surface area contributed by atoms with Gasteiger partial charge in [0.2, 0.25) is 0 Å². The van der Waals surface area contributed by atoms with E-state index < -0.39 is 0 Å².